The quantitative estimate of drug-likeness (QED) is 0.814. The Morgan fingerprint density at radius 3 is 2.82 bits per heavy atom. The molecule has 1 saturated heterocycles. The van der Waals surface area contributed by atoms with Gasteiger partial charge in [-0.05, 0) is 18.6 Å². The Kier molecular flexibility index (Phi) is 3.21. The van der Waals surface area contributed by atoms with E-state index in [1.54, 1.807) is 12.1 Å². The third kappa shape index (κ3) is 3.31. The Hall–Kier alpha value is -1.34. The zero-order valence-corrected chi connectivity index (χ0v) is 9.86. The summed E-state index contributed by atoms with van der Waals surface area (Å²) in [5.74, 6) is -0.0366. The van der Waals surface area contributed by atoms with Gasteiger partial charge in [0, 0.05) is 30.9 Å². The normalized spacial score (nSPS) is 20.6. The SMILES string of the molecule is N[C@@H]1CCN(c2cccc(OS(=O)(=O)F)c2)C1. The molecule has 0 unspecified atom stereocenters. The van der Waals surface area contributed by atoms with Gasteiger partial charge in [-0.25, -0.2) is 0 Å². The van der Waals surface area contributed by atoms with E-state index in [2.05, 4.69) is 4.18 Å². The van der Waals surface area contributed by atoms with E-state index in [1.807, 2.05) is 4.90 Å². The molecule has 1 aromatic rings. The molecule has 7 heteroatoms. The summed E-state index contributed by atoms with van der Waals surface area (Å²) in [6, 6.07) is 6.39. The van der Waals surface area contributed by atoms with Gasteiger partial charge in [-0.1, -0.05) is 9.95 Å². The largest absolute Gasteiger partial charge is 0.488 e. The highest BCUT2D eigenvalue weighted by Crippen LogP contribution is 2.25. The van der Waals surface area contributed by atoms with Crippen LogP contribution in [0.5, 0.6) is 5.75 Å². The highest BCUT2D eigenvalue weighted by Gasteiger charge is 2.20. The van der Waals surface area contributed by atoms with Gasteiger partial charge >= 0.3 is 10.5 Å². The van der Waals surface area contributed by atoms with E-state index in [0.717, 1.165) is 18.7 Å². The lowest BCUT2D eigenvalue weighted by atomic mass is 10.3. The fourth-order valence-electron chi connectivity index (χ4n) is 1.87. The molecule has 0 radical (unpaired) electrons. The molecule has 1 aliphatic rings. The van der Waals surface area contributed by atoms with Crippen molar-refractivity contribution in [1.82, 2.24) is 0 Å². The number of benzene rings is 1. The molecule has 1 fully saturated rings. The highest BCUT2D eigenvalue weighted by molar-refractivity contribution is 7.81. The molecule has 0 bridgehead atoms. The minimum Gasteiger partial charge on any atom is -0.370 e. The molecule has 0 saturated carbocycles. The van der Waals surface area contributed by atoms with Gasteiger partial charge in [0.15, 0.2) is 0 Å². The fraction of sp³-hybridized carbons (Fsp3) is 0.400. The van der Waals surface area contributed by atoms with Crippen LogP contribution >= 0.6 is 0 Å². The van der Waals surface area contributed by atoms with Crippen molar-refractivity contribution in [1.29, 1.82) is 0 Å². The number of hydrogen-bond acceptors (Lipinski definition) is 5. The number of hydrogen-bond donors (Lipinski definition) is 1. The molecule has 0 amide bonds. The van der Waals surface area contributed by atoms with Crippen LogP contribution in [-0.2, 0) is 10.5 Å². The van der Waals surface area contributed by atoms with Crippen molar-refractivity contribution in [3.63, 3.8) is 0 Å². The number of nitrogens with two attached hydrogens (primary N) is 1. The van der Waals surface area contributed by atoms with Gasteiger partial charge in [-0.2, -0.15) is 8.42 Å². The molecule has 1 aliphatic heterocycles. The van der Waals surface area contributed by atoms with Crippen molar-refractivity contribution < 1.29 is 16.5 Å². The van der Waals surface area contributed by atoms with Crippen LogP contribution in [-0.4, -0.2) is 27.5 Å². The lowest BCUT2D eigenvalue weighted by molar-refractivity contribution is 0.440. The molecule has 17 heavy (non-hydrogen) atoms. The lowest BCUT2D eigenvalue weighted by Gasteiger charge is -2.18. The van der Waals surface area contributed by atoms with E-state index in [-0.39, 0.29) is 11.8 Å². The molecule has 1 aromatic carbocycles. The van der Waals surface area contributed by atoms with E-state index in [1.165, 1.54) is 12.1 Å². The van der Waals surface area contributed by atoms with Crippen LogP contribution in [0.25, 0.3) is 0 Å². The van der Waals surface area contributed by atoms with Crippen molar-refractivity contribution >= 4 is 16.2 Å². The van der Waals surface area contributed by atoms with Crippen LogP contribution in [0.15, 0.2) is 24.3 Å². The molecular weight excluding hydrogens is 247 g/mol. The van der Waals surface area contributed by atoms with Gasteiger partial charge in [0.1, 0.15) is 5.75 Å². The Balaban J connectivity index is 2.17. The topological polar surface area (TPSA) is 72.6 Å². The molecule has 0 aromatic heterocycles. The maximum absolute atomic E-state index is 12.4. The summed E-state index contributed by atoms with van der Waals surface area (Å²) < 4.78 is 37.3. The zero-order chi connectivity index (χ0) is 12.5. The standard InChI is InChI=1S/C10H13FN2O3S/c11-17(14,15)16-10-3-1-2-9(6-10)13-5-4-8(12)7-13/h1-3,6,8H,4-5,7,12H2/t8-/m1/s1. The van der Waals surface area contributed by atoms with Gasteiger partial charge in [0.05, 0.1) is 0 Å². The van der Waals surface area contributed by atoms with E-state index in [4.69, 9.17) is 5.73 Å². The molecule has 1 heterocycles. The van der Waals surface area contributed by atoms with Gasteiger partial charge in [0.2, 0.25) is 0 Å². The minimum absolute atomic E-state index is 0.0366. The van der Waals surface area contributed by atoms with Crippen molar-refractivity contribution in [3.8, 4) is 5.75 Å². The average Bonchev–Trinajstić information content (AvgIpc) is 2.63. The van der Waals surface area contributed by atoms with Crippen LogP contribution in [0.3, 0.4) is 0 Å². The number of halogens is 1. The second kappa shape index (κ2) is 4.50. The van der Waals surface area contributed by atoms with E-state index >= 15 is 0 Å². The number of anilines is 1. The monoisotopic (exact) mass is 260 g/mol. The highest BCUT2D eigenvalue weighted by atomic mass is 32.3. The van der Waals surface area contributed by atoms with Crippen molar-refractivity contribution in [2.75, 3.05) is 18.0 Å². The van der Waals surface area contributed by atoms with Crippen LogP contribution in [0, 0.1) is 0 Å². The molecule has 0 spiro atoms. The number of rotatable bonds is 3. The Labute approximate surface area is 99.4 Å². The van der Waals surface area contributed by atoms with Gasteiger partial charge in [-0.15, -0.1) is 0 Å². The summed E-state index contributed by atoms with van der Waals surface area (Å²) in [6.45, 7) is 1.50. The van der Waals surface area contributed by atoms with Gasteiger partial charge in [0.25, 0.3) is 0 Å². The third-order valence-electron chi connectivity index (χ3n) is 2.60. The molecule has 5 nitrogen and oxygen atoms in total. The lowest BCUT2D eigenvalue weighted by Crippen LogP contribution is -2.26. The van der Waals surface area contributed by atoms with E-state index < -0.39 is 10.5 Å². The summed E-state index contributed by atoms with van der Waals surface area (Å²) in [6.07, 6.45) is 0.881. The fourth-order valence-corrected chi connectivity index (χ4v) is 2.20. The van der Waals surface area contributed by atoms with Gasteiger partial charge in [-0.3, -0.25) is 0 Å². The number of nitrogens with zero attached hydrogens (tertiary/aromatic N) is 1. The average molecular weight is 260 g/mol. The third-order valence-corrected chi connectivity index (χ3v) is 2.99. The second-order valence-electron chi connectivity index (χ2n) is 3.97. The summed E-state index contributed by atoms with van der Waals surface area (Å²) in [4.78, 5) is 2.00. The van der Waals surface area contributed by atoms with Crippen molar-refractivity contribution in [2.45, 2.75) is 12.5 Å². The molecule has 1 atom stereocenters. The first kappa shape index (κ1) is 12.1. The summed E-state index contributed by atoms with van der Waals surface area (Å²) in [7, 11) is -4.97. The second-order valence-corrected chi connectivity index (χ2v) is 4.92. The molecule has 0 aliphatic carbocycles. The first-order valence-electron chi connectivity index (χ1n) is 5.19. The van der Waals surface area contributed by atoms with Crippen molar-refractivity contribution in [2.24, 2.45) is 5.73 Å². The Morgan fingerprint density at radius 1 is 1.47 bits per heavy atom. The zero-order valence-electron chi connectivity index (χ0n) is 9.04. The van der Waals surface area contributed by atoms with E-state index in [0.29, 0.717) is 6.54 Å². The Morgan fingerprint density at radius 2 is 2.24 bits per heavy atom. The van der Waals surface area contributed by atoms with Gasteiger partial charge < -0.3 is 14.8 Å². The predicted octanol–water partition coefficient (Wildman–Crippen LogP) is 0.817. The summed E-state index contributed by atoms with van der Waals surface area (Å²) in [5.41, 5.74) is 6.55. The smallest absolute Gasteiger partial charge is 0.370 e. The maximum Gasteiger partial charge on any atom is 0.488 e. The van der Waals surface area contributed by atoms with Crippen LogP contribution in [0.4, 0.5) is 9.57 Å². The molecule has 94 valence electrons. The van der Waals surface area contributed by atoms with Crippen LogP contribution < -0.4 is 14.8 Å². The first-order chi connectivity index (χ1) is 7.94. The van der Waals surface area contributed by atoms with Crippen LogP contribution in [0.1, 0.15) is 6.42 Å². The maximum atomic E-state index is 12.4. The minimum atomic E-state index is -4.97. The Bertz CT molecular complexity index is 506. The molecule has 2 rings (SSSR count). The predicted molar refractivity (Wildman–Crippen MR) is 61.9 cm³/mol. The molecular formula is C10H13FN2O3S. The van der Waals surface area contributed by atoms with E-state index in [9.17, 15) is 12.3 Å². The molecule has 2 N–H and O–H groups in total. The van der Waals surface area contributed by atoms with Crippen LogP contribution in [0.2, 0.25) is 0 Å². The first-order valence-corrected chi connectivity index (χ1v) is 6.49. The summed E-state index contributed by atoms with van der Waals surface area (Å²) in [5, 5.41) is 0. The van der Waals surface area contributed by atoms with Crippen molar-refractivity contribution in [3.05, 3.63) is 24.3 Å². The summed E-state index contributed by atoms with van der Waals surface area (Å²) >= 11 is 0.